The largest absolute Gasteiger partial charge is 0.489 e. The third-order valence-electron chi connectivity index (χ3n) is 3.79. The Bertz CT molecular complexity index is 640. The minimum atomic E-state index is 0.0732. The van der Waals surface area contributed by atoms with Gasteiger partial charge in [0.15, 0.2) is 0 Å². The predicted molar refractivity (Wildman–Crippen MR) is 77.3 cm³/mol. The van der Waals surface area contributed by atoms with Gasteiger partial charge in [-0.05, 0) is 38.5 Å². The molecule has 1 aliphatic rings. The second-order valence-electron chi connectivity index (χ2n) is 5.26. The topological polar surface area (TPSA) is 55.6 Å². The number of hydrogen-bond donors (Lipinski definition) is 0. The molecule has 1 saturated heterocycles. The van der Waals surface area contributed by atoms with Crippen molar-refractivity contribution in [1.29, 1.82) is 0 Å². The molecule has 5 nitrogen and oxygen atoms in total. The number of amides is 1. The molecule has 0 saturated carbocycles. The summed E-state index contributed by atoms with van der Waals surface area (Å²) in [5.41, 5.74) is 2.46. The fourth-order valence-corrected chi connectivity index (χ4v) is 2.28. The van der Waals surface area contributed by atoms with Gasteiger partial charge in [-0.3, -0.25) is 4.79 Å². The highest BCUT2D eigenvalue weighted by atomic mass is 16.5. The summed E-state index contributed by atoms with van der Waals surface area (Å²) in [6.07, 6.45) is 1.09. The van der Waals surface area contributed by atoms with Gasteiger partial charge in [-0.2, -0.15) is 0 Å². The average molecular weight is 286 g/mol. The summed E-state index contributed by atoms with van der Waals surface area (Å²) in [5, 5.41) is 3.90. The maximum atomic E-state index is 12.2. The van der Waals surface area contributed by atoms with Crippen LogP contribution in [0.1, 0.15) is 33.8 Å². The van der Waals surface area contributed by atoms with E-state index in [9.17, 15) is 4.79 Å². The number of carbonyl (C=O) groups is 1. The zero-order chi connectivity index (χ0) is 14.8. The maximum Gasteiger partial charge on any atom is 0.253 e. The lowest BCUT2D eigenvalue weighted by Gasteiger charge is -2.30. The van der Waals surface area contributed by atoms with Crippen molar-refractivity contribution in [3.05, 3.63) is 46.8 Å². The molecule has 1 aromatic carbocycles. The summed E-state index contributed by atoms with van der Waals surface area (Å²) in [5.74, 6) is 1.52. The SMILES string of the molecule is Cc1noc(C)c1COc1cccc(C(=O)N2CCC2)c1. The van der Waals surface area contributed by atoms with Gasteiger partial charge >= 0.3 is 0 Å². The van der Waals surface area contributed by atoms with E-state index in [2.05, 4.69) is 5.16 Å². The van der Waals surface area contributed by atoms with Crippen LogP contribution in [0, 0.1) is 13.8 Å². The van der Waals surface area contributed by atoms with Crippen LogP contribution in [0.25, 0.3) is 0 Å². The van der Waals surface area contributed by atoms with Crippen LogP contribution in [0.2, 0.25) is 0 Å². The molecular formula is C16H18N2O3. The fourth-order valence-electron chi connectivity index (χ4n) is 2.28. The average Bonchev–Trinajstić information content (AvgIpc) is 2.74. The molecule has 1 aromatic heterocycles. The molecule has 0 atom stereocenters. The first-order valence-corrected chi connectivity index (χ1v) is 7.09. The van der Waals surface area contributed by atoms with Crippen molar-refractivity contribution >= 4 is 5.91 Å². The van der Waals surface area contributed by atoms with Gasteiger partial charge in [-0.15, -0.1) is 0 Å². The van der Waals surface area contributed by atoms with E-state index >= 15 is 0 Å². The molecule has 1 aliphatic heterocycles. The molecule has 5 heteroatoms. The van der Waals surface area contributed by atoms with Gasteiger partial charge in [-0.1, -0.05) is 11.2 Å². The van der Waals surface area contributed by atoms with Crippen LogP contribution < -0.4 is 4.74 Å². The van der Waals surface area contributed by atoms with Crippen LogP contribution in [-0.4, -0.2) is 29.1 Å². The van der Waals surface area contributed by atoms with Crippen molar-refractivity contribution in [2.24, 2.45) is 0 Å². The third-order valence-corrected chi connectivity index (χ3v) is 3.79. The Morgan fingerprint density at radius 2 is 2.19 bits per heavy atom. The van der Waals surface area contributed by atoms with Gasteiger partial charge in [0.05, 0.1) is 11.3 Å². The Kier molecular flexibility index (Phi) is 3.64. The molecule has 0 aliphatic carbocycles. The summed E-state index contributed by atoms with van der Waals surface area (Å²) >= 11 is 0. The van der Waals surface area contributed by atoms with Crippen molar-refractivity contribution in [2.45, 2.75) is 26.9 Å². The maximum absolute atomic E-state index is 12.2. The van der Waals surface area contributed by atoms with Crippen LogP contribution in [0.3, 0.4) is 0 Å². The number of nitrogens with zero attached hydrogens (tertiary/aromatic N) is 2. The first-order chi connectivity index (χ1) is 10.1. The lowest BCUT2D eigenvalue weighted by molar-refractivity contribution is 0.0651. The van der Waals surface area contributed by atoms with Crippen LogP contribution in [-0.2, 0) is 6.61 Å². The number of hydrogen-bond acceptors (Lipinski definition) is 4. The van der Waals surface area contributed by atoms with Crippen molar-refractivity contribution in [3.63, 3.8) is 0 Å². The number of ether oxygens (including phenoxy) is 1. The van der Waals surface area contributed by atoms with E-state index < -0.39 is 0 Å². The van der Waals surface area contributed by atoms with Gasteiger partial charge in [0, 0.05) is 18.7 Å². The summed E-state index contributed by atoms with van der Waals surface area (Å²) in [6.45, 7) is 5.84. The molecule has 0 spiro atoms. The number of likely N-dealkylation sites (tertiary alicyclic amines) is 1. The van der Waals surface area contributed by atoms with E-state index in [0.29, 0.717) is 17.9 Å². The highest BCUT2D eigenvalue weighted by Gasteiger charge is 2.21. The Balaban J connectivity index is 1.70. The number of aryl methyl sites for hydroxylation is 2. The monoisotopic (exact) mass is 286 g/mol. The third kappa shape index (κ3) is 2.77. The lowest BCUT2D eigenvalue weighted by Crippen LogP contribution is -2.41. The zero-order valence-corrected chi connectivity index (χ0v) is 12.3. The van der Waals surface area contributed by atoms with Crippen LogP contribution in [0.4, 0.5) is 0 Å². The molecule has 110 valence electrons. The first-order valence-electron chi connectivity index (χ1n) is 7.09. The predicted octanol–water partition coefficient (Wildman–Crippen LogP) is 2.72. The van der Waals surface area contributed by atoms with Crippen molar-refractivity contribution < 1.29 is 14.1 Å². The summed E-state index contributed by atoms with van der Waals surface area (Å²) in [7, 11) is 0. The Labute approximate surface area is 123 Å². The molecule has 1 fully saturated rings. The summed E-state index contributed by atoms with van der Waals surface area (Å²) < 4.78 is 10.9. The van der Waals surface area contributed by atoms with Gasteiger partial charge in [0.1, 0.15) is 18.1 Å². The normalized spacial score (nSPS) is 13.9. The van der Waals surface area contributed by atoms with E-state index in [1.165, 1.54) is 0 Å². The smallest absolute Gasteiger partial charge is 0.253 e. The van der Waals surface area contributed by atoms with E-state index in [0.717, 1.165) is 36.5 Å². The molecule has 0 unspecified atom stereocenters. The fraction of sp³-hybridized carbons (Fsp3) is 0.375. The second-order valence-corrected chi connectivity index (χ2v) is 5.26. The molecule has 3 rings (SSSR count). The summed E-state index contributed by atoms with van der Waals surface area (Å²) in [4.78, 5) is 14.0. The molecule has 21 heavy (non-hydrogen) atoms. The van der Waals surface area contributed by atoms with E-state index in [4.69, 9.17) is 9.26 Å². The van der Waals surface area contributed by atoms with Gasteiger partial charge in [0.25, 0.3) is 5.91 Å². The quantitative estimate of drug-likeness (QED) is 0.867. The van der Waals surface area contributed by atoms with Crippen LogP contribution in [0.15, 0.2) is 28.8 Å². The lowest BCUT2D eigenvalue weighted by atomic mass is 10.1. The molecule has 1 amide bonds. The Morgan fingerprint density at radius 1 is 1.38 bits per heavy atom. The number of benzene rings is 1. The van der Waals surface area contributed by atoms with E-state index in [1.807, 2.05) is 36.9 Å². The standard InChI is InChI=1S/C16H18N2O3/c1-11-15(12(2)21-17-11)10-20-14-6-3-5-13(9-14)16(19)18-7-4-8-18/h3,5-6,9H,4,7-8,10H2,1-2H3. The van der Waals surface area contributed by atoms with Crippen molar-refractivity contribution in [3.8, 4) is 5.75 Å². The summed E-state index contributed by atoms with van der Waals surface area (Å²) in [6, 6.07) is 7.31. The van der Waals surface area contributed by atoms with Gasteiger partial charge in [-0.25, -0.2) is 0 Å². The minimum absolute atomic E-state index is 0.0732. The minimum Gasteiger partial charge on any atom is -0.489 e. The second kappa shape index (κ2) is 5.60. The molecule has 2 heterocycles. The molecular weight excluding hydrogens is 268 g/mol. The zero-order valence-electron chi connectivity index (χ0n) is 12.3. The first kappa shape index (κ1) is 13.7. The highest BCUT2D eigenvalue weighted by Crippen LogP contribution is 2.20. The molecule has 0 radical (unpaired) electrons. The van der Waals surface area contributed by atoms with Gasteiger partial charge < -0.3 is 14.2 Å². The van der Waals surface area contributed by atoms with Crippen LogP contribution >= 0.6 is 0 Å². The molecule has 0 N–H and O–H groups in total. The Morgan fingerprint density at radius 3 is 2.81 bits per heavy atom. The van der Waals surface area contributed by atoms with Gasteiger partial charge in [0.2, 0.25) is 0 Å². The van der Waals surface area contributed by atoms with Crippen molar-refractivity contribution in [2.75, 3.05) is 13.1 Å². The number of carbonyl (C=O) groups excluding carboxylic acids is 1. The molecule has 2 aromatic rings. The molecule has 0 bridgehead atoms. The highest BCUT2D eigenvalue weighted by molar-refractivity contribution is 5.95. The van der Waals surface area contributed by atoms with E-state index in [-0.39, 0.29) is 5.91 Å². The Hall–Kier alpha value is -2.30. The van der Waals surface area contributed by atoms with Crippen molar-refractivity contribution in [1.82, 2.24) is 10.1 Å². The van der Waals surface area contributed by atoms with Crippen LogP contribution in [0.5, 0.6) is 5.75 Å². The number of aromatic nitrogens is 1. The van der Waals surface area contributed by atoms with E-state index in [1.54, 1.807) is 6.07 Å². The number of rotatable bonds is 4.